The van der Waals surface area contributed by atoms with E-state index in [1.54, 1.807) is 13.3 Å². The number of aliphatic carboxylic acids is 1. The summed E-state index contributed by atoms with van der Waals surface area (Å²) in [7, 11) is 0. The number of aliphatic hydroxyl groups is 1. The molecule has 1 radical (unpaired) electrons. The number of terminal acetylenes is 1. The smallest absolute Gasteiger partial charge is 0.317 e. The molecule has 6 nitrogen and oxygen atoms in total. The van der Waals surface area contributed by atoms with Crippen molar-refractivity contribution in [2.75, 3.05) is 0 Å². The molecule has 0 aromatic carbocycles. The molecule has 2 unspecified atom stereocenters. The Labute approximate surface area is 125 Å². The molecular weight excluding hydrogens is 301 g/mol. The molecule has 17 heavy (non-hydrogen) atoms. The van der Waals surface area contributed by atoms with Crippen LogP contribution in [-0.2, 0) is 42.3 Å². The van der Waals surface area contributed by atoms with E-state index in [1.807, 2.05) is 6.11 Å². The van der Waals surface area contributed by atoms with Crippen molar-refractivity contribution in [2.45, 2.75) is 37.6 Å². The third-order valence-corrected chi connectivity index (χ3v) is 2.48. The molecule has 0 aromatic rings. The second-order valence-corrected chi connectivity index (χ2v) is 3.66. The van der Waals surface area contributed by atoms with Gasteiger partial charge in [-0.05, 0) is 6.92 Å². The number of nitrogens with one attached hydrogen (secondary N) is 2. The van der Waals surface area contributed by atoms with Crippen molar-refractivity contribution < 1.29 is 52.6 Å². The van der Waals surface area contributed by atoms with Crippen LogP contribution in [0.15, 0.2) is 0 Å². The van der Waals surface area contributed by atoms with Crippen LogP contribution in [0.1, 0.15) is 13.3 Å². The Morgan fingerprint density at radius 2 is 2.41 bits per heavy atom. The van der Waals surface area contributed by atoms with Gasteiger partial charge in [0.2, 0.25) is 0 Å². The van der Waals surface area contributed by atoms with Gasteiger partial charge < -0.3 is 26.8 Å². The zero-order valence-electron chi connectivity index (χ0n) is 9.46. The number of aliphatic hydroxyl groups excluding tert-OH is 1. The fourth-order valence-corrected chi connectivity index (χ4v) is 1.65. The van der Waals surface area contributed by atoms with E-state index in [2.05, 4.69) is 15.6 Å². The first-order valence-corrected chi connectivity index (χ1v) is 4.93. The van der Waals surface area contributed by atoms with Gasteiger partial charge in [-0.25, -0.2) is 0 Å². The fraction of sp³-hybridized carbons (Fsp3) is 0.600. The van der Waals surface area contributed by atoms with Gasteiger partial charge in [0.15, 0.2) is 0 Å². The van der Waals surface area contributed by atoms with Crippen LogP contribution < -0.4 is 10.8 Å². The summed E-state index contributed by atoms with van der Waals surface area (Å²) in [5, 5.41) is 21.2. The van der Waals surface area contributed by atoms with E-state index in [0.29, 0.717) is 6.42 Å². The molecule has 1 aliphatic rings. The normalized spacial score (nSPS) is 26.4. The Morgan fingerprint density at radius 1 is 1.76 bits per heavy atom. The SMILES string of the molecule is C#CONC(C(C)O)[C@H]1[CH-]C[C@H](C(=O)O)N1.[Y]. The number of carboxylic acids is 1. The number of rotatable bonds is 5. The molecule has 0 amide bonds. The molecule has 1 fully saturated rings. The Balaban J connectivity index is 0.00000256. The molecule has 0 spiro atoms. The Kier molecular flexibility index (Phi) is 7.92. The topological polar surface area (TPSA) is 90.8 Å². The largest absolute Gasteiger partial charge is 0.480 e. The Morgan fingerprint density at radius 3 is 2.82 bits per heavy atom. The van der Waals surface area contributed by atoms with Crippen molar-refractivity contribution in [3.05, 3.63) is 6.42 Å². The minimum atomic E-state index is -0.916. The minimum absolute atomic E-state index is 0. The summed E-state index contributed by atoms with van der Waals surface area (Å²) >= 11 is 0. The standard InChI is InChI=1S/C10H15N2O4.Y/c1-3-16-12-9(6(2)13)7-4-5-8(11-7)10(14)15;/h1,4,6-9,11-13H,5H2,2H3,(H,14,15);/q-1;/t6?,7-,8-,9?;/m1./s1. The van der Waals surface area contributed by atoms with Crippen LogP contribution in [0.2, 0.25) is 0 Å². The van der Waals surface area contributed by atoms with E-state index in [-0.39, 0.29) is 38.8 Å². The third-order valence-electron chi connectivity index (χ3n) is 2.48. The summed E-state index contributed by atoms with van der Waals surface area (Å²) in [4.78, 5) is 15.3. The quantitative estimate of drug-likeness (QED) is 0.291. The maximum absolute atomic E-state index is 10.7. The molecule has 1 heterocycles. The summed E-state index contributed by atoms with van der Waals surface area (Å²) in [6, 6.07) is -1.41. The van der Waals surface area contributed by atoms with Crippen LogP contribution in [0.25, 0.3) is 0 Å². The van der Waals surface area contributed by atoms with Crippen molar-refractivity contribution in [1.29, 1.82) is 0 Å². The third kappa shape index (κ3) is 4.90. The van der Waals surface area contributed by atoms with Gasteiger partial charge >= 0.3 is 5.97 Å². The number of hydrogen-bond acceptors (Lipinski definition) is 5. The van der Waals surface area contributed by atoms with E-state index in [4.69, 9.17) is 11.5 Å². The average Bonchev–Trinajstić information content (AvgIpc) is 2.67. The summed E-state index contributed by atoms with van der Waals surface area (Å²) in [6.45, 7) is 1.57. The number of hydrogen-bond donors (Lipinski definition) is 4. The number of carboxylic acid groups (broad SMARTS) is 1. The molecule has 1 rings (SSSR count). The zero-order chi connectivity index (χ0) is 12.1. The van der Waals surface area contributed by atoms with Crippen molar-refractivity contribution in [2.24, 2.45) is 0 Å². The van der Waals surface area contributed by atoms with Gasteiger partial charge in [0.25, 0.3) is 0 Å². The predicted octanol–water partition coefficient (Wildman–Crippen LogP) is -1.14. The van der Waals surface area contributed by atoms with Gasteiger partial charge in [0, 0.05) is 32.7 Å². The first-order valence-electron chi connectivity index (χ1n) is 4.93. The average molecular weight is 316 g/mol. The summed E-state index contributed by atoms with van der Waals surface area (Å²) in [5.41, 5.74) is 2.50. The molecule has 4 N–H and O–H groups in total. The van der Waals surface area contributed by atoms with E-state index in [1.165, 1.54) is 0 Å². The van der Waals surface area contributed by atoms with Crippen LogP contribution in [0.3, 0.4) is 0 Å². The molecular formula is C10H15N2O4Y-. The van der Waals surface area contributed by atoms with Gasteiger partial charge in [0.05, 0.1) is 18.2 Å². The Hall–Kier alpha value is -0.186. The summed E-state index contributed by atoms with van der Waals surface area (Å²) in [5.74, 6) is -0.916. The summed E-state index contributed by atoms with van der Waals surface area (Å²) < 4.78 is 0. The second kappa shape index (κ2) is 8.01. The minimum Gasteiger partial charge on any atom is -0.480 e. The molecule has 4 atom stereocenters. The molecule has 7 heteroatoms. The molecule has 1 saturated heterocycles. The van der Waals surface area contributed by atoms with Crippen LogP contribution in [0.4, 0.5) is 0 Å². The van der Waals surface area contributed by atoms with Gasteiger partial charge in [-0.2, -0.15) is 6.42 Å². The molecule has 0 aliphatic carbocycles. The first-order chi connectivity index (χ1) is 7.56. The van der Waals surface area contributed by atoms with Gasteiger partial charge in [0.1, 0.15) is 6.11 Å². The molecule has 0 saturated carbocycles. The van der Waals surface area contributed by atoms with Crippen molar-refractivity contribution >= 4 is 5.97 Å². The summed E-state index contributed by atoms with van der Waals surface area (Å²) in [6.07, 6.45) is 8.30. The van der Waals surface area contributed by atoms with E-state index in [9.17, 15) is 9.90 Å². The number of carbonyl (C=O) groups is 1. The predicted molar refractivity (Wildman–Crippen MR) is 55.8 cm³/mol. The zero-order valence-corrected chi connectivity index (χ0v) is 12.3. The van der Waals surface area contributed by atoms with Gasteiger partial charge in [-0.3, -0.25) is 4.79 Å². The van der Waals surface area contributed by atoms with Crippen LogP contribution in [-0.4, -0.2) is 40.4 Å². The maximum Gasteiger partial charge on any atom is 0.317 e. The van der Waals surface area contributed by atoms with Gasteiger partial charge in [-0.15, -0.1) is 5.48 Å². The molecule has 93 valence electrons. The first kappa shape index (κ1) is 16.8. The van der Waals surface area contributed by atoms with E-state index < -0.39 is 24.2 Å². The van der Waals surface area contributed by atoms with Crippen molar-refractivity contribution in [3.63, 3.8) is 0 Å². The fourth-order valence-electron chi connectivity index (χ4n) is 1.65. The van der Waals surface area contributed by atoms with Crippen LogP contribution >= 0.6 is 0 Å². The molecule has 1 aliphatic heterocycles. The monoisotopic (exact) mass is 316 g/mol. The second-order valence-electron chi connectivity index (χ2n) is 3.66. The van der Waals surface area contributed by atoms with Crippen LogP contribution in [0, 0.1) is 19.0 Å². The van der Waals surface area contributed by atoms with E-state index in [0.717, 1.165) is 0 Å². The molecule has 0 aromatic heterocycles. The van der Waals surface area contributed by atoms with Crippen molar-refractivity contribution in [1.82, 2.24) is 10.8 Å². The van der Waals surface area contributed by atoms with Crippen LogP contribution in [0.5, 0.6) is 0 Å². The van der Waals surface area contributed by atoms with Crippen molar-refractivity contribution in [3.8, 4) is 12.5 Å². The molecule has 0 bridgehead atoms. The van der Waals surface area contributed by atoms with Gasteiger partial charge in [-0.1, -0.05) is 12.5 Å². The Bertz CT molecular complexity index is 293. The maximum atomic E-state index is 10.7. The van der Waals surface area contributed by atoms with E-state index >= 15 is 0 Å². The number of hydroxylamine groups is 1.